The zero-order valence-electron chi connectivity index (χ0n) is 12.4. The highest BCUT2D eigenvalue weighted by Crippen LogP contribution is 2.38. The third kappa shape index (κ3) is 3.34. The van der Waals surface area contributed by atoms with Gasteiger partial charge in [-0.25, -0.2) is 0 Å². The van der Waals surface area contributed by atoms with Crippen LogP contribution in [0.5, 0.6) is 5.75 Å². The maximum Gasteiger partial charge on any atom is 0.127 e. The van der Waals surface area contributed by atoms with Crippen LogP contribution in [0.1, 0.15) is 30.5 Å². The molecule has 0 aliphatic carbocycles. The van der Waals surface area contributed by atoms with Crippen molar-refractivity contribution < 1.29 is 14.2 Å². The predicted molar refractivity (Wildman–Crippen MR) is 82.2 cm³/mol. The Morgan fingerprint density at radius 1 is 1.33 bits per heavy atom. The third-order valence-corrected chi connectivity index (χ3v) is 4.16. The van der Waals surface area contributed by atoms with Crippen LogP contribution in [0.3, 0.4) is 0 Å². The van der Waals surface area contributed by atoms with Crippen LogP contribution in [-0.2, 0) is 15.9 Å². The second kappa shape index (κ2) is 6.97. The van der Waals surface area contributed by atoms with Gasteiger partial charge in [0.25, 0.3) is 0 Å². The van der Waals surface area contributed by atoms with Gasteiger partial charge in [0.1, 0.15) is 11.9 Å². The summed E-state index contributed by atoms with van der Waals surface area (Å²) >= 11 is 6.29. The summed E-state index contributed by atoms with van der Waals surface area (Å²) in [5.41, 5.74) is 2.29. The van der Waals surface area contributed by atoms with Crippen LogP contribution in [0.25, 0.3) is 0 Å². The van der Waals surface area contributed by atoms with Crippen molar-refractivity contribution in [2.45, 2.75) is 31.9 Å². The molecular formula is C16H22ClNO3. The van der Waals surface area contributed by atoms with E-state index in [1.54, 1.807) is 0 Å². The highest BCUT2D eigenvalue weighted by Gasteiger charge is 2.31. The number of halogens is 1. The van der Waals surface area contributed by atoms with Gasteiger partial charge in [-0.1, -0.05) is 18.5 Å². The van der Waals surface area contributed by atoms with Crippen LogP contribution in [0.2, 0.25) is 5.02 Å². The second-order valence-corrected chi connectivity index (χ2v) is 5.93. The molecule has 1 aromatic carbocycles. The van der Waals surface area contributed by atoms with Gasteiger partial charge in [-0.15, -0.1) is 0 Å². The predicted octanol–water partition coefficient (Wildman–Crippen LogP) is 2.73. The minimum Gasteiger partial charge on any atom is -0.493 e. The fraction of sp³-hybridized carbons (Fsp3) is 0.625. The molecular weight excluding hydrogens is 290 g/mol. The Bertz CT molecular complexity index is 489. The fourth-order valence-corrected chi connectivity index (χ4v) is 3.22. The van der Waals surface area contributed by atoms with Crippen molar-refractivity contribution >= 4 is 11.6 Å². The van der Waals surface area contributed by atoms with E-state index in [0.717, 1.165) is 42.3 Å². The molecule has 2 unspecified atom stereocenters. The normalized spacial score (nSPS) is 22.7. The van der Waals surface area contributed by atoms with Gasteiger partial charge in [-0.3, -0.25) is 0 Å². The van der Waals surface area contributed by atoms with Crippen LogP contribution in [0.15, 0.2) is 12.1 Å². The summed E-state index contributed by atoms with van der Waals surface area (Å²) in [5, 5.41) is 4.33. The quantitative estimate of drug-likeness (QED) is 0.907. The molecule has 2 aliphatic rings. The molecule has 21 heavy (non-hydrogen) atoms. The number of hydrogen-bond donors (Lipinski definition) is 1. The van der Waals surface area contributed by atoms with Gasteiger partial charge in [0, 0.05) is 17.0 Å². The average molecular weight is 312 g/mol. The van der Waals surface area contributed by atoms with Gasteiger partial charge in [0.2, 0.25) is 0 Å². The van der Waals surface area contributed by atoms with E-state index in [9.17, 15) is 0 Å². The van der Waals surface area contributed by atoms with E-state index >= 15 is 0 Å². The van der Waals surface area contributed by atoms with Crippen molar-refractivity contribution in [2.24, 2.45) is 0 Å². The molecule has 0 spiro atoms. The van der Waals surface area contributed by atoms with Crippen molar-refractivity contribution in [1.29, 1.82) is 0 Å². The smallest absolute Gasteiger partial charge is 0.127 e. The molecule has 116 valence electrons. The first-order valence-electron chi connectivity index (χ1n) is 7.67. The summed E-state index contributed by atoms with van der Waals surface area (Å²) in [6, 6.07) is 4.05. The summed E-state index contributed by atoms with van der Waals surface area (Å²) in [7, 11) is 0. The van der Waals surface area contributed by atoms with E-state index in [1.165, 1.54) is 5.56 Å². The molecule has 0 bridgehead atoms. The molecule has 0 amide bonds. The monoisotopic (exact) mass is 311 g/mol. The van der Waals surface area contributed by atoms with Crippen molar-refractivity contribution in [3.05, 3.63) is 28.3 Å². The summed E-state index contributed by atoms with van der Waals surface area (Å²) in [5.74, 6) is 0.974. The lowest BCUT2D eigenvalue weighted by molar-refractivity contribution is -0.102. The maximum atomic E-state index is 6.29. The highest BCUT2D eigenvalue weighted by atomic mass is 35.5. The fourth-order valence-electron chi connectivity index (χ4n) is 2.97. The standard InChI is InChI=1S/C16H22ClNO3/c1-2-4-18-15(14-10-19-6-7-20-14)13-9-12(17)8-11-3-5-21-16(11)13/h8-9,14-15,18H,2-7,10H2,1H3. The topological polar surface area (TPSA) is 39.7 Å². The Balaban J connectivity index is 1.91. The Hall–Kier alpha value is -0.810. The largest absolute Gasteiger partial charge is 0.493 e. The molecule has 3 rings (SSSR count). The van der Waals surface area contributed by atoms with Crippen molar-refractivity contribution in [1.82, 2.24) is 5.32 Å². The van der Waals surface area contributed by atoms with E-state index in [-0.39, 0.29) is 12.1 Å². The van der Waals surface area contributed by atoms with Crippen LogP contribution < -0.4 is 10.1 Å². The zero-order valence-corrected chi connectivity index (χ0v) is 13.1. The summed E-state index contributed by atoms with van der Waals surface area (Å²) in [6.07, 6.45) is 1.98. The van der Waals surface area contributed by atoms with E-state index in [4.69, 9.17) is 25.8 Å². The first-order valence-corrected chi connectivity index (χ1v) is 8.05. The molecule has 2 heterocycles. The average Bonchev–Trinajstić information content (AvgIpc) is 2.96. The molecule has 1 N–H and O–H groups in total. The molecule has 1 fully saturated rings. The SMILES string of the molecule is CCCNC(c1cc(Cl)cc2c1OCC2)C1COCCO1. The minimum atomic E-state index is -0.00272. The van der Waals surface area contributed by atoms with Crippen molar-refractivity contribution in [2.75, 3.05) is 33.0 Å². The van der Waals surface area contributed by atoms with Gasteiger partial charge in [-0.2, -0.15) is 0 Å². The minimum absolute atomic E-state index is 0.00272. The highest BCUT2D eigenvalue weighted by molar-refractivity contribution is 6.30. The van der Waals surface area contributed by atoms with Gasteiger partial charge >= 0.3 is 0 Å². The number of fused-ring (bicyclic) bond motifs is 1. The molecule has 2 atom stereocenters. The van der Waals surface area contributed by atoms with Crippen LogP contribution in [0.4, 0.5) is 0 Å². The first kappa shape index (κ1) is 15.1. The number of ether oxygens (including phenoxy) is 3. The molecule has 0 aromatic heterocycles. The lowest BCUT2D eigenvalue weighted by Gasteiger charge is -2.32. The number of nitrogens with one attached hydrogen (secondary N) is 1. The van der Waals surface area contributed by atoms with Gasteiger partial charge < -0.3 is 19.5 Å². The molecule has 1 aromatic rings. The third-order valence-electron chi connectivity index (χ3n) is 3.94. The zero-order chi connectivity index (χ0) is 14.7. The Labute approximate surface area is 130 Å². The first-order chi connectivity index (χ1) is 10.3. The van der Waals surface area contributed by atoms with Crippen LogP contribution >= 0.6 is 11.6 Å². The van der Waals surface area contributed by atoms with E-state index in [1.807, 2.05) is 12.1 Å². The number of hydrogen-bond acceptors (Lipinski definition) is 4. The molecule has 0 saturated carbocycles. The van der Waals surface area contributed by atoms with Crippen LogP contribution in [0, 0.1) is 0 Å². The molecule has 1 saturated heterocycles. The Morgan fingerprint density at radius 3 is 3.00 bits per heavy atom. The maximum absolute atomic E-state index is 6.29. The van der Waals surface area contributed by atoms with Crippen molar-refractivity contribution in [3.8, 4) is 5.75 Å². The summed E-state index contributed by atoms with van der Waals surface area (Å²) in [4.78, 5) is 0. The Kier molecular flexibility index (Phi) is 5.01. The second-order valence-electron chi connectivity index (χ2n) is 5.50. The molecule has 0 radical (unpaired) electrons. The van der Waals surface area contributed by atoms with Gasteiger partial charge in [-0.05, 0) is 30.7 Å². The molecule has 5 heteroatoms. The molecule has 4 nitrogen and oxygen atoms in total. The van der Waals surface area contributed by atoms with Crippen LogP contribution in [-0.4, -0.2) is 39.1 Å². The summed E-state index contributed by atoms with van der Waals surface area (Å²) in [6.45, 7) is 5.71. The number of rotatable bonds is 5. The van der Waals surface area contributed by atoms with Gasteiger partial charge in [0.15, 0.2) is 0 Å². The lowest BCUT2D eigenvalue weighted by Crippen LogP contribution is -2.41. The van der Waals surface area contributed by atoms with Gasteiger partial charge in [0.05, 0.1) is 32.5 Å². The molecule has 2 aliphatic heterocycles. The van der Waals surface area contributed by atoms with E-state index in [2.05, 4.69) is 12.2 Å². The number of benzene rings is 1. The lowest BCUT2D eigenvalue weighted by atomic mass is 9.97. The van der Waals surface area contributed by atoms with E-state index in [0.29, 0.717) is 19.8 Å². The Morgan fingerprint density at radius 2 is 2.24 bits per heavy atom. The van der Waals surface area contributed by atoms with Crippen molar-refractivity contribution in [3.63, 3.8) is 0 Å². The van der Waals surface area contributed by atoms with E-state index < -0.39 is 0 Å². The summed E-state index contributed by atoms with van der Waals surface area (Å²) < 4.78 is 17.3.